The maximum absolute atomic E-state index is 12.2. The fourth-order valence-corrected chi connectivity index (χ4v) is 4.89. The second-order valence-electron chi connectivity index (χ2n) is 8.10. The molecule has 1 saturated heterocycles. The lowest BCUT2D eigenvalue weighted by Gasteiger charge is -2.40. The van der Waals surface area contributed by atoms with Gasteiger partial charge in [0.2, 0.25) is 0 Å². The van der Waals surface area contributed by atoms with Gasteiger partial charge in [-0.3, -0.25) is 14.9 Å². The third-order valence-corrected chi connectivity index (χ3v) is 6.12. The minimum absolute atomic E-state index is 0.0734. The van der Waals surface area contributed by atoms with Gasteiger partial charge in [0.05, 0.1) is 18.0 Å². The average Bonchev–Trinajstić information content (AvgIpc) is 3.17. The van der Waals surface area contributed by atoms with Crippen LogP contribution in [-0.2, 0) is 13.1 Å². The highest BCUT2D eigenvalue weighted by Gasteiger charge is 2.37. The molecule has 1 aromatic carbocycles. The lowest BCUT2D eigenvalue weighted by molar-refractivity contribution is -0.925. The van der Waals surface area contributed by atoms with Gasteiger partial charge >= 0.3 is 0 Å². The standard InChI is InChI=1S/C22H21N3O4/c26-22-3-1-2-20-17-10-15(12-24(20)22)11-23(13-17)14-19-8-9-21(29-19)16-4-6-18(7-5-16)25(27)28/h1-9,15,17H,10-14H2/p+1/t15-,17+/m1/s1. The lowest BCUT2D eigenvalue weighted by atomic mass is 9.83. The highest BCUT2D eigenvalue weighted by Crippen LogP contribution is 2.30. The predicted octanol–water partition coefficient (Wildman–Crippen LogP) is 2.22. The van der Waals surface area contributed by atoms with Gasteiger partial charge in [-0.15, -0.1) is 0 Å². The van der Waals surface area contributed by atoms with Crippen LogP contribution in [-0.4, -0.2) is 22.6 Å². The van der Waals surface area contributed by atoms with Crippen LogP contribution in [0.4, 0.5) is 5.69 Å². The SMILES string of the molecule is O=c1cccc2n1C[C@@H]1C[C@H]2C[NH+](Cc2ccc(-c3ccc([N+](=O)[O-])cc3)o2)C1. The van der Waals surface area contributed by atoms with Crippen LogP contribution in [0.5, 0.6) is 0 Å². The molecule has 2 aliphatic rings. The van der Waals surface area contributed by atoms with Crippen molar-refractivity contribution in [1.29, 1.82) is 0 Å². The maximum atomic E-state index is 12.2. The summed E-state index contributed by atoms with van der Waals surface area (Å²) in [5, 5.41) is 10.8. The summed E-state index contributed by atoms with van der Waals surface area (Å²) in [5.41, 5.74) is 2.18. The highest BCUT2D eigenvalue weighted by molar-refractivity contribution is 5.59. The van der Waals surface area contributed by atoms with Crippen molar-refractivity contribution in [1.82, 2.24) is 4.57 Å². The van der Waals surface area contributed by atoms with E-state index < -0.39 is 4.92 Å². The molecule has 2 aromatic heterocycles. The van der Waals surface area contributed by atoms with E-state index in [0.29, 0.717) is 11.8 Å². The Balaban J connectivity index is 1.31. The Morgan fingerprint density at radius 1 is 1.10 bits per heavy atom. The maximum Gasteiger partial charge on any atom is 0.269 e. The number of rotatable bonds is 4. The van der Waals surface area contributed by atoms with Crippen LogP contribution in [0.2, 0.25) is 0 Å². The monoisotopic (exact) mass is 392 g/mol. The summed E-state index contributed by atoms with van der Waals surface area (Å²) in [6.45, 7) is 3.64. The smallest absolute Gasteiger partial charge is 0.269 e. The summed E-state index contributed by atoms with van der Waals surface area (Å²) in [4.78, 5) is 24.0. The van der Waals surface area contributed by atoms with E-state index in [2.05, 4.69) is 6.07 Å². The normalized spacial score (nSPS) is 22.8. The molecule has 3 aromatic rings. The van der Waals surface area contributed by atoms with Crippen LogP contribution in [0, 0.1) is 16.0 Å². The van der Waals surface area contributed by atoms with Gasteiger partial charge < -0.3 is 13.9 Å². The van der Waals surface area contributed by atoms with Crippen LogP contribution in [0.3, 0.4) is 0 Å². The number of non-ortho nitro benzene ring substituents is 1. The first-order valence-corrected chi connectivity index (χ1v) is 9.93. The fraction of sp³-hybridized carbons (Fsp3) is 0.318. The van der Waals surface area contributed by atoms with E-state index in [1.54, 1.807) is 18.2 Å². The topological polar surface area (TPSA) is 82.7 Å². The molecular weight excluding hydrogens is 370 g/mol. The zero-order valence-corrected chi connectivity index (χ0v) is 15.9. The number of nitrogens with one attached hydrogen (secondary N) is 1. The zero-order chi connectivity index (χ0) is 20.0. The first-order chi connectivity index (χ1) is 14.1. The first kappa shape index (κ1) is 17.9. The molecule has 1 fully saturated rings. The number of nitro groups is 1. The Kier molecular flexibility index (Phi) is 4.32. The Labute approximate surface area is 167 Å². The Morgan fingerprint density at radius 3 is 2.72 bits per heavy atom. The number of nitrogens with zero attached hydrogens (tertiary/aromatic N) is 2. The van der Waals surface area contributed by atoms with Crippen molar-refractivity contribution in [2.45, 2.75) is 25.4 Å². The number of quaternary nitrogens is 1. The van der Waals surface area contributed by atoms with Crippen LogP contribution >= 0.6 is 0 Å². The van der Waals surface area contributed by atoms with Crippen molar-refractivity contribution in [2.75, 3.05) is 13.1 Å². The molecule has 2 aliphatic heterocycles. The zero-order valence-electron chi connectivity index (χ0n) is 15.9. The van der Waals surface area contributed by atoms with Gasteiger partial charge in [-0.1, -0.05) is 6.07 Å². The lowest BCUT2D eigenvalue weighted by Crippen LogP contribution is -3.13. The second kappa shape index (κ2) is 7.00. The molecule has 5 rings (SSSR count). The molecule has 1 unspecified atom stereocenters. The number of fused-ring (bicyclic) bond motifs is 4. The number of pyridine rings is 1. The van der Waals surface area contributed by atoms with Gasteiger partial charge in [0.15, 0.2) is 5.76 Å². The van der Waals surface area contributed by atoms with Crippen molar-refractivity contribution in [3.05, 3.63) is 86.5 Å². The van der Waals surface area contributed by atoms with Gasteiger partial charge in [0.1, 0.15) is 12.3 Å². The number of hydrogen-bond donors (Lipinski definition) is 1. The molecule has 4 heterocycles. The quantitative estimate of drug-likeness (QED) is 0.545. The van der Waals surface area contributed by atoms with Crippen LogP contribution < -0.4 is 10.5 Å². The van der Waals surface area contributed by atoms with Crippen molar-refractivity contribution in [3.8, 4) is 11.3 Å². The molecule has 0 radical (unpaired) electrons. The van der Waals surface area contributed by atoms with E-state index in [-0.39, 0.29) is 11.2 Å². The molecule has 3 atom stereocenters. The molecular formula is C22H22N3O4+. The van der Waals surface area contributed by atoms with Crippen molar-refractivity contribution in [3.63, 3.8) is 0 Å². The fourth-order valence-electron chi connectivity index (χ4n) is 4.89. The summed E-state index contributed by atoms with van der Waals surface area (Å²) in [6, 6.07) is 15.9. The van der Waals surface area contributed by atoms with Gasteiger partial charge in [0.25, 0.3) is 11.2 Å². The Hall–Kier alpha value is -3.19. The summed E-state index contributed by atoms with van der Waals surface area (Å²) < 4.78 is 7.99. The van der Waals surface area contributed by atoms with Gasteiger partial charge in [-0.25, -0.2) is 0 Å². The predicted molar refractivity (Wildman–Crippen MR) is 107 cm³/mol. The molecule has 7 heteroatoms. The number of benzene rings is 1. The van der Waals surface area contributed by atoms with E-state index in [9.17, 15) is 14.9 Å². The molecule has 2 bridgehead atoms. The Morgan fingerprint density at radius 2 is 1.93 bits per heavy atom. The Bertz CT molecular complexity index is 1120. The van der Waals surface area contributed by atoms with Crippen LogP contribution in [0.15, 0.2) is 63.8 Å². The highest BCUT2D eigenvalue weighted by atomic mass is 16.6. The van der Waals surface area contributed by atoms with E-state index in [4.69, 9.17) is 4.42 Å². The van der Waals surface area contributed by atoms with Crippen LogP contribution in [0.1, 0.15) is 23.8 Å². The minimum Gasteiger partial charge on any atom is -0.455 e. The number of nitro benzene ring substituents is 1. The van der Waals surface area contributed by atoms with Crippen molar-refractivity contribution >= 4 is 5.69 Å². The number of likely N-dealkylation sites (tertiary alicyclic amines) is 1. The van der Waals surface area contributed by atoms with E-state index in [1.807, 2.05) is 22.8 Å². The second-order valence-corrected chi connectivity index (χ2v) is 8.10. The number of furan rings is 1. The molecule has 0 aliphatic carbocycles. The summed E-state index contributed by atoms with van der Waals surface area (Å²) in [7, 11) is 0. The molecule has 1 N–H and O–H groups in total. The van der Waals surface area contributed by atoms with Crippen LogP contribution in [0.25, 0.3) is 11.3 Å². The summed E-state index contributed by atoms with van der Waals surface area (Å²) >= 11 is 0. The summed E-state index contributed by atoms with van der Waals surface area (Å²) in [5.74, 6) is 2.57. The number of hydrogen-bond acceptors (Lipinski definition) is 4. The van der Waals surface area contributed by atoms with E-state index >= 15 is 0 Å². The molecule has 0 spiro atoms. The largest absolute Gasteiger partial charge is 0.455 e. The first-order valence-electron chi connectivity index (χ1n) is 9.93. The molecule has 0 saturated carbocycles. The third-order valence-electron chi connectivity index (χ3n) is 6.12. The van der Waals surface area contributed by atoms with Gasteiger partial charge in [-0.05, 0) is 36.8 Å². The van der Waals surface area contributed by atoms with Gasteiger partial charge in [-0.2, -0.15) is 0 Å². The minimum atomic E-state index is -0.403. The van der Waals surface area contributed by atoms with Gasteiger partial charge in [0, 0.05) is 47.8 Å². The molecule has 29 heavy (non-hydrogen) atoms. The average molecular weight is 392 g/mol. The summed E-state index contributed by atoms with van der Waals surface area (Å²) in [6.07, 6.45) is 1.15. The van der Waals surface area contributed by atoms with Crippen molar-refractivity contribution < 1.29 is 14.2 Å². The number of piperidine rings is 1. The molecule has 148 valence electrons. The van der Waals surface area contributed by atoms with E-state index in [0.717, 1.165) is 55.4 Å². The molecule has 0 amide bonds. The molecule has 7 nitrogen and oxygen atoms in total. The third kappa shape index (κ3) is 3.38. The number of aromatic nitrogens is 1. The van der Waals surface area contributed by atoms with E-state index in [1.165, 1.54) is 17.0 Å². The van der Waals surface area contributed by atoms with Crippen molar-refractivity contribution in [2.24, 2.45) is 5.92 Å².